The standard InChI is InChI=1S/C15H11ClF3N3O5S/c16-12-5-4-11(7-13(12)22(24)25)28(26,27)21(8-14(20)23)10-3-1-2-9(6-10)15(17,18)19/h1-7H,8H2,(H2,20,23). The zero-order chi connectivity index (χ0) is 21.3. The number of benzene rings is 2. The van der Waals surface area contributed by atoms with Crippen molar-refractivity contribution >= 4 is 38.9 Å². The van der Waals surface area contributed by atoms with Crippen LogP contribution in [0.4, 0.5) is 24.5 Å². The third kappa shape index (κ3) is 4.51. The maximum absolute atomic E-state index is 13.0. The number of sulfonamides is 1. The highest BCUT2D eigenvalue weighted by Crippen LogP contribution is 2.34. The number of hydrogen-bond acceptors (Lipinski definition) is 5. The molecule has 0 aromatic heterocycles. The predicted octanol–water partition coefficient (Wildman–Crippen LogP) is 2.95. The van der Waals surface area contributed by atoms with E-state index in [1.54, 1.807) is 0 Å². The summed E-state index contributed by atoms with van der Waals surface area (Å²) >= 11 is 5.64. The quantitative estimate of drug-likeness (QED) is 0.549. The van der Waals surface area contributed by atoms with Gasteiger partial charge in [0.15, 0.2) is 0 Å². The molecular formula is C15H11ClF3N3O5S. The Balaban J connectivity index is 2.64. The normalized spacial score (nSPS) is 11.9. The second-order valence-corrected chi connectivity index (χ2v) is 7.67. The first-order chi connectivity index (χ1) is 12.8. The molecule has 1 amide bonds. The van der Waals surface area contributed by atoms with Gasteiger partial charge in [0.2, 0.25) is 5.91 Å². The highest BCUT2D eigenvalue weighted by atomic mass is 35.5. The zero-order valence-electron chi connectivity index (χ0n) is 13.7. The van der Waals surface area contributed by atoms with Crippen LogP contribution in [0.15, 0.2) is 47.4 Å². The van der Waals surface area contributed by atoms with Gasteiger partial charge in [0.1, 0.15) is 11.6 Å². The van der Waals surface area contributed by atoms with Gasteiger partial charge in [0.05, 0.1) is 21.1 Å². The molecule has 13 heteroatoms. The summed E-state index contributed by atoms with van der Waals surface area (Å²) in [6, 6.07) is 5.72. The Morgan fingerprint density at radius 1 is 1.21 bits per heavy atom. The fourth-order valence-corrected chi connectivity index (χ4v) is 3.84. The van der Waals surface area contributed by atoms with Crippen LogP contribution in [0, 0.1) is 10.1 Å². The number of rotatable bonds is 6. The van der Waals surface area contributed by atoms with Crippen LogP contribution >= 0.6 is 11.6 Å². The molecule has 150 valence electrons. The summed E-state index contributed by atoms with van der Waals surface area (Å²) in [5.74, 6) is -1.15. The van der Waals surface area contributed by atoms with E-state index in [0.29, 0.717) is 22.5 Å². The molecule has 0 saturated heterocycles. The summed E-state index contributed by atoms with van der Waals surface area (Å²) in [7, 11) is -4.68. The number of hydrogen-bond donors (Lipinski definition) is 1. The number of nitrogens with zero attached hydrogens (tertiary/aromatic N) is 2. The van der Waals surface area contributed by atoms with E-state index in [2.05, 4.69) is 0 Å². The third-order valence-corrected chi connectivity index (χ3v) is 5.55. The van der Waals surface area contributed by atoms with Gasteiger partial charge in [-0.2, -0.15) is 13.2 Å². The number of carbonyl (C=O) groups excluding carboxylic acids is 1. The minimum absolute atomic E-state index is 0.331. The van der Waals surface area contributed by atoms with Crippen molar-refractivity contribution < 1.29 is 31.3 Å². The first kappa shape index (κ1) is 21.4. The topological polar surface area (TPSA) is 124 Å². The number of nitrogens with two attached hydrogens (primary N) is 1. The first-order valence-corrected chi connectivity index (χ1v) is 9.08. The second-order valence-electron chi connectivity index (χ2n) is 5.40. The Morgan fingerprint density at radius 3 is 2.39 bits per heavy atom. The van der Waals surface area contributed by atoms with Crippen molar-refractivity contribution in [2.75, 3.05) is 10.8 Å². The van der Waals surface area contributed by atoms with Crippen molar-refractivity contribution in [2.45, 2.75) is 11.1 Å². The third-order valence-electron chi connectivity index (χ3n) is 3.46. The van der Waals surface area contributed by atoms with Gasteiger partial charge in [-0.3, -0.25) is 19.2 Å². The fraction of sp³-hybridized carbons (Fsp3) is 0.133. The molecule has 0 spiro atoms. The predicted molar refractivity (Wildman–Crippen MR) is 93.3 cm³/mol. The van der Waals surface area contributed by atoms with Crippen molar-refractivity contribution in [2.24, 2.45) is 5.73 Å². The lowest BCUT2D eigenvalue weighted by Crippen LogP contribution is -2.38. The van der Waals surface area contributed by atoms with Gasteiger partial charge in [-0.15, -0.1) is 0 Å². The van der Waals surface area contributed by atoms with E-state index in [4.69, 9.17) is 17.3 Å². The van der Waals surface area contributed by atoms with E-state index < -0.39 is 55.4 Å². The van der Waals surface area contributed by atoms with Crippen LogP contribution in [0.25, 0.3) is 0 Å². The number of amides is 1. The van der Waals surface area contributed by atoms with E-state index >= 15 is 0 Å². The van der Waals surface area contributed by atoms with Gasteiger partial charge in [0.25, 0.3) is 15.7 Å². The Hall–Kier alpha value is -2.86. The van der Waals surface area contributed by atoms with Crippen LogP contribution in [0.5, 0.6) is 0 Å². The van der Waals surface area contributed by atoms with E-state index in [1.165, 1.54) is 0 Å². The Morgan fingerprint density at radius 2 is 1.86 bits per heavy atom. The van der Waals surface area contributed by atoms with Crippen LogP contribution in [0.1, 0.15) is 5.56 Å². The largest absolute Gasteiger partial charge is 0.416 e. The maximum Gasteiger partial charge on any atom is 0.416 e. The SMILES string of the molecule is NC(=O)CN(c1cccc(C(F)(F)F)c1)S(=O)(=O)c1ccc(Cl)c([N+](=O)[O-])c1. The minimum Gasteiger partial charge on any atom is -0.368 e. The number of alkyl halides is 3. The molecule has 0 fully saturated rings. The van der Waals surface area contributed by atoms with Crippen LogP contribution in [-0.2, 0) is 21.0 Å². The molecule has 0 aliphatic rings. The smallest absolute Gasteiger partial charge is 0.368 e. The van der Waals surface area contributed by atoms with Crippen LogP contribution in [0.3, 0.4) is 0 Å². The summed E-state index contributed by atoms with van der Waals surface area (Å²) in [6.45, 7) is -0.986. The molecule has 0 radical (unpaired) electrons. The second kappa shape index (κ2) is 7.64. The molecule has 2 aromatic rings. The van der Waals surface area contributed by atoms with Crippen molar-refractivity contribution in [3.63, 3.8) is 0 Å². The lowest BCUT2D eigenvalue weighted by molar-refractivity contribution is -0.384. The molecule has 0 aliphatic heterocycles. The summed E-state index contributed by atoms with van der Waals surface area (Å²) in [4.78, 5) is 20.7. The summed E-state index contributed by atoms with van der Waals surface area (Å²) in [6.07, 6.45) is -4.77. The van der Waals surface area contributed by atoms with Crippen molar-refractivity contribution in [1.82, 2.24) is 0 Å². The highest BCUT2D eigenvalue weighted by Gasteiger charge is 2.33. The molecule has 2 aromatic carbocycles. The summed E-state index contributed by atoms with van der Waals surface area (Å²) in [5.41, 5.74) is 2.65. The number of primary amides is 1. The molecule has 0 atom stereocenters. The van der Waals surface area contributed by atoms with Crippen molar-refractivity contribution in [3.8, 4) is 0 Å². The molecule has 2 rings (SSSR count). The Bertz CT molecular complexity index is 1040. The van der Waals surface area contributed by atoms with E-state index in [9.17, 15) is 36.5 Å². The van der Waals surface area contributed by atoms with Crippen LogP contribution < -0.4 is 10.0 Å². The summed E-state index contributed by atoms with van der Waals surface area (Å²) in [5, 5.41) is 10.6. The monoisotopic (exact) mass is 437 g/mol. The van der Waals surface area contributed by atoms with E-state index in [1.807, 2.05) is 0 Å². The Labute approximate surface area is 161 Å². The molecule has 2 N–H and O–H groups in total. The van der Waals surface area contributed by atoms with Gasteiger partial charge >= 0.3 is 6.18 Å². The van der Waals surface area contributed by atoms with Gasteiger partial charge in [-0.25, -0.2) is 8.42 Å². The van der Waals surface area contributed by atoms with Crippen LogP contribution in [0.2, 0.25) is 5.02 Å². The first-order valence-electron chi connectivity index (χ1n) is 7.26. The van der Waals surface area contributed by atoms with Gasteiger partial charge < -0.3 is 5.73 Å². The number of halogens is 4. The van der Waals surface area contributed by atoms with Crippen LogP contribution in [-0.4, -0.2) is 25.8 Å². The molecule has 8 nitrogen and oxygen atoms in total. The molecule has 0 heterocycles. The molecule has 0 aliphatic carbocycles. The minimum atomic E-state index is -4.77. The average Bonchev–Trinajstić information content (AvgIpc) is 2.58. The molecular weight excluding hydrogens is 427 g/mol. The lowest BCUT2D eigenvalue weighted by Gasteiger charge is -2.24. The number of nitro groups is 1. The van der Waals surface area contributed by atoms with E-state index in [0.717, 1.165) is 24.3 Å². The summed E-state index contributed by atoms with van der Waals surface area (Å²) < 4.78 is 65.0. The van der Waals surface area contributed by atoms with E-state index in [-0.39, 0.29) is 5.02 Å². The number of carbonyl (C=O) groups is 1. The Kier molecular flexibility index (Phi) is 5.85. The molecule has 0 unspecified atom stereocenters. The molecule has 0 saturated carbocycles. The zero-order valence-corrected chi connectivity index (χ0v) is 15.3. The van der Waals surface area contributed by atoms with Gasteiger partial charge in [-0.1, -0.05) is 17.7 Å². The molecule has 28 heavy (non-hydrogen) atoms. The van der Waals surface area contributed by atoms with Gasteiger partial charge in [-0.05, 0) is 30.3 Å². The van der Waals surface area contributed by atoms with Crippen molar-refractivity contribution in [1.29, 1.82) is 0 Å². The molecule has 0 bridgehead atoms. The highest BCUT2D eigenvalue weighted by molar-refractivity contribution is 7.92. The maximum atomic E-state index is 13.0. The lowest BCUT2D eigenvalue weighted by atomic mass is 10.2. The number of nitro benzene ring substituents is 1. The number of anilines is 1. The van der Waals surface area contributed by atoms with Gasteiger partial charge in [0, 0.05) is 6.07 Å². The van der Waals surface area contributed by atoms with Crippen molar-refractivity contribution in [3.05, 3.63) is 63.2 Å². The fourth-order valence-electron chi connectivity index (χ4n) is 2.21. The average molecular weight is 438 g/mol.